The molecule has 1 N–H and O–H groups in total. The molecular formula is C22H36O5. The Balaban J connectivity index is 0.000000972. The van der Waals surface area contributed by atoms with Crippen molar-refractivity contribution >= 4 is 11.9 Å². The number of allylic oxidation sites excluding steroid dienone is 4. The predicted molar refractivity (Wildman–Crippen MR) is 108 cm³/mol. The monoisotopic (exact) mass is 380 g/mol. The van der Waals surface area contributed by atoms with Crippen LogP contribution in [-0.2, 0) is 19.1 Å². The fourth-order valence-corrected chi connectivity index (χ4v) is 2.50. The number of carbonyl (C=O) groups is 2. The summed E-state index contributed by atoms with van der Waals surface area (Å²) in [6, 6.07) is 0. The van der Waals surface area contributed by atoms with Crippen LogP contribution < -0.4 is 0 Å². The summed E-state index contributed by atoms with van der Waals surface area (Å²) in [5.74, 6) is -1.14. The molecule has 1 aliphatic heterocycles. The Bertz CT molecular complexity index is 467. The molecular weight excluding hydrogens is 344 g/mol. The number of hydrogen-bond acceptors (Lipinski definition) is 4. The van der Waals surface area contributed by atoms with Gasteiger partial charge < -0.3 is 14.6 Å². The van der Waals surface area contributed by atoms with E-state index in [1.807, 2.05) is 0 Å². The van der Waals surface area contributed by atoms with Gasteiger partial charge in [-0.05, 0) is 38.5 Å². The molecule has 0 amide bonds. The summed E-state index contributed by atoms with van der Waals surface area (Å²) in [6.07, 6.45) is 21.2. The van der Waals surface area contributed by atoms with Crippen molar-refractivity contribution < 1.29 is 24.2 Å². The van der Waals surface area contributed by atoms with Gasteiger partial charge in [-0.25, -0.2) is 4.79 Å². The first-order chi connectivity index (χ1) is 13.0. The molecule has 0 aromatic carbocycles. The number of carbonyl (C=O) groups excluding carboxylic acids is 1. The molecule has 0 spiro atoms. The van der Waals surface area contributed by atoms with Crippen molar-refractivity contribution in [1.82, 2.24) is 0 Å². The van der Waals surface area contributed by atoms with Crippen LogP contribution in [-0.4, -0.2) is 29.3 Å². The van der Waals surface area contributed by atoms with Crippen LogP contribution in [0.1, 0.15) is 78.1 Å². The summed E-state index contributed by atoms with van der Waals surface area (Å²) in [4.78, 5) is 20.3. The van der Waals surface area contributed by atoms with Crippen LogP contribution >= 0.6 is 0 Å². The summed E-state index contributed by atoms with van der Waals surface area (Å²) in [7, 11) is 0. The second-order valence-corrected chi connectivity index (χ2v) is 6.52. The van der Waals surface area contributed by atoms with Crippen LogP contribution in [0.25, 0.3) is 0 Å². The zero-order valence-electron chi connectivity index (χ0n) is 16.9. The van der Waals surface area contributed by atoms with Crippen LogP contribution in [0.4, 0.5) is 0 Å². The Labute approximate surface area is 164 Å². The highest BCUT2D eigenvalue weighted by Gasteiger charge is 2.44. The zero-order valence-corrected chi connectivity index (χ0v) is 16.9. The topological polar surface area (TPSA) is 76.1 Å². The molecule has 27 heavy (non-hydrogen) atoms. The quantitative estimate of drug-likeness (QED) is 0.140. The van der Waals surface area contributed by atoms with Gasteiger partial charge in [-0.1, -0.05) is 63.5 Å². The molecule has 0 aromatic rings. The van der Waals surface area contributed by atoms with Crippen molar-refractivity contribution in [3.05, 3.63) is 37.1 Å². The number of unbranched alkanes of at least 4 members (excludes halogenated alkanes) is 6. The van der Waals surface area contributed by atoms with Gasteiger partial charge in [0, 0.05) is 6.92 Å². The van der Waals surface area contributed by atoms with E-state index in [2.05, 4.69) is 42.5 Å². The predicted octanol–water partition coefficient (Wildman–Crippen LogP) is 5.56. The van der Waals surface area contributed by atoms with E-state index in [1.54, 1.807) is 0 Å². The van der Waals surface area contributed by atoms with Crippen molar-refractivity contribution in [3.63, 3.8) is 0 Å². The largest absolute Gasteiger partial charge is 0.479 e. The second-order valence-electron chi connectivity index (χ2n) is 6.52. The first kappa shape index (κ1) is 25.1. The van der Waals surface area contributed by atoms with E-state index < -0.39 is 12.1 Å². The molecule has 1 rings (SSSR count). The number of ether oxygens (including phenoxy) is 2. The van der Waals surface area contributed by atoms with Crippen molar-refractivity contribution in [3.8, 4) is 0 Å². The van der Waals surface area contributed by atoms with E-state index >= 15 is 0 Å². The van der Waals surface area contributed by atoms with Gasteiger partial charge in [0.25, 0.3) is 0 Å². The first-order valence-electron chi connectivity index (χ1n) is 9.99. The smallest absolute Gasteiger partial charge is 0.335 e. The lowest BCUT2D eigenvalue weighted by Crippen LogP contribution is -2.07. The Morgan fingerprint density at radius 3 is 2.11 bits per heavy atom. The normalized spacial score (nSPS) is 18.1. The minimum absolute atomic E-state index is 0.0177. The Kier molecular flexibility index (Phi) is 16.3. The molecule has 5 heteroatoms. The number of carboxylic acids is 1. The third-order valence-corrected chi connectivity index (χ3v) is 4.01. The molecule has 0 aliphatic carbocycles. The Morgan fingerprint density at radius 1 is 1.04 bits per heavy atom. The van der Waals surface area contributed by atoms with Crippen LogP contribution in [0.15, 0.2) is 37.1 Å². The standard InChI is InChI=1S/C18H30O3.C4H6O2/c1-2-3-4-5-6-7-8-9-10-11-12-13-14-15-16-17(21-16)18(19)20;1-3-6-4(2)5/h6-7,9-10,16-17H,2-5,8,11-15H2,1H3,(H,19,20);3H,1H2,2H3/b7-6-,10-9-;. The van der Waals surface area contributed by atoms with Gasteiger partial charge in [0.1, 0.15) is 0 Å². The summed E-state index contributed by atoms with van der Waals surface area (Å²) >= 11 is 0. The highest BCUT2D eigenvalue weighted by Crippen LogP contribution is 2.27. The van der Waals surface area contributed by atoms with Crippen molar-refractivity contribution in [1.29, 1.82) is 0 Å². The molecule has 0 bridgehead atoms. The number of rotatable bonds is 14. The minimum Gasteiger partial charge on any atom is -0.479 e. The van der Waals surface area contributed by atoms with Gasteiger partial charge in [-0.3, -0.25) is 4.79 Å². The van der Waals surface area contributed by atoms with E-state index in [1.165, 1.54) is 39.0 Å². The van der Waals surface area contributed by atoms with Gasteiger partial charge in [-0.2, -0.15) is 0 Å². The van der Waals surface area contributed by atoms with Gasteiger partial charge in [0.05, 0.1) is 12.4 Å². The summed E-state index contributed by atoms with van der Waals surface area (Å²) in [5.41, 5.74) is 0. The SMILES string of the molecule is C=COC(C)=O.CCCCC/C=C\C/C=C\CCCCCC1OC1C(=O)O. The fraction of sp³-hybridized carbons (Fsp3) is 0.636. The molecule has 1 aliphatic rings. The van der Waals surface area contributed by atoms with Gasteiger partial charge in [0.15, 0.2) is 6.10 Å². The van der Waals surface area contributed by atoms with E-state index in [9.17, 15) is 9.59 Å². The van der Waals surface area contributed by atoms with Gasteiger partial charge in [0.2, 0.25) is 0 Å². The molecule has 154 valence electrons. The fourth-order valence-electron chi connectivity index (χ4n) is 2.50. The lowest BCUT2D eigenvalue weighted by Gasteiger charge is -1.96. The molecule has 5 nitrogen and oxygen atoms in total. The molecule has 2 unspecified atom stereocenters. The second kappa shape index (κ2) is 17.5. The molecule has 1 fully saturated rings. The Hall–Kier alpha value is -1.88. The van der Waals surface area contributed by atoms with E-state index in [0.717, 1.165) is 38.4 Å². The molecule has 1 saturated heterocycles. The number of carboxylic acid groups (broad SMARTS) is 1. The van der Waals surface area contributed by atoms with Crippen LogP contribution in [0, 0.1) is 0 Å². The summed E-state index contributed by atoms with van der Waals surface area (Å²) in [6.45, 7) is 6.71. The van der Waals surface area contributed by atoms with Gasteiger partial charge >= 0.3 is 11.9 Å². The summed E-state index contributed by atoms with van der Waals surface area (Å²) in [5, 5.41) is 8.69. The average Bonchev–Trinajstić information content (AvgIpc) is 3.39. The zero-order chi connectivity index (χ0) is 20.3. The highest BCUT2D eigenvalue weighted by atomic mass is 16.6. The Morgan fingerprint density at radius 2 is 1.67 bits per heavy atom. The van der Waals surface area contributed by atoms with Gasteiger partial charge in [-0.15, -0.1) is 0 Å². The lowest BCUT2D eigenvalue weighted by atomic mass is 10.1. The van der Waals surface area contributed by atoms with Crippen LogP contribution in [0.2, 0.25) is 0 Å². The molecule has 1 heterocycles. The third-order valence-electron chi connectivity index (χ3n) is 4.01. The van der Waals surface area contributed by atoms with Crippen molar-refractivity contribution in [2.45, 2.75) is 90.3 Å². The maximum absolute atomic E-state index is 10.6. The number of aliphatic carboxylic acids is 1. The number of hydrogen-bond donors (Lipinski definition) is 1. The molecule has 0 aromatic heterocycles. The lowest BCUT2D eigenvalue weighted by molar-refractivity contribution is -0.138. The number of esters is 1. The van der Waals surface area contributed by atoms with E-state index in [4.69, 9.17) is 9.84 Å². The molecule has 2 atom stereocenters. The maximum atomic E-state index is 10.6. The van der Waals surface area contributed by atoms with Crippen LogP contribution in [0.5, 0.6) is 0 Å². The highest BCUT2D eigenvalue weighted by molar-refractivity contribution is 5.75. The maximum Gasteiger partial charge on any atom is 0.335 e. The molecule has 0 radical (unpaired) electrons. The van der Waals surface area contributed by atoms with E-state index in [-0.39, 0.29) is 12.1 Å². The van der Waals surface area contributed by atoms with Crippen LogP contribution in [0.3, 0.4) is 0 Å². The molecule has 0 saturated carbocycles. The third kappa shape index (κ3) is 17.3. The average molecular weight is 381 g/mol. The van der Waals surface area contributed by atoms with Crippen molar-refractivity contribution in [2.24, 2.45) is 0 Å². The first-order valence-corrected chi connectivity index (χ1v) is 9.99. The summed E-state index contributed by atoms with van der Waals surface area (Å²) < 4.78 is 9.23. The number of epoxide rings is 1. The van der Waals surface area contributed by atoms with E-state index in [0.29, 0.717) is 0 Å². The minimum atomic E-state index is -0.814. The van der Waals surface area contributed by atoms with Crippen molar-refractivity contribution in [2.75, 3.05) is 0 Å².